The second kappa shape index (κ2) is 12.5. The van der Waals surface area contributed by atoms with Crippen molar-refractivity contribution in [2.24, 2.45) is 0 Å². The van der Waals surface area contributed by atoms with Gasteiger partial charge in [0.15, 0.2) is 0 Å². The molecule has 1 aliphatic heterocycles. The van der Waals surface area contributed by atoms with Gasteiger partial charge in [0.05, 0.1) is 5.69 Å². The summed E-state index contributed by atoms with van der Waals surface area (Å²) in [6.07, 6.45) is 1.42. The van der Waals surface area contributed by atoms with Crippen molar-refractivity contribution in [3.05, 3.63) is 128 Å². The number of urea groups is 1. The number of rotatable bonds is 8. The Hall–Kier alpha value is -4.30. The van der Waals surface area contributed by atoms with Crippen LogP contribution in [0.4, 0.5) is 10.5 Å². The standard InChI is InChI=1S/C31H21Cl3N2O5/c32-22-8-7-21(28(34)16-22)18-41-25-13-9-23(10-14-25)36-30(38)26(29(37)35-31(36)39)15-19-5-11-24(12-6-19)40-17-20-3-1-2-4-27(20)33/h1-16H,17-18H2,(H,35,37,39)/b26-15+. The Morgan fingerprint density at radius 1 is 0.707 bits per heavy atom. The molecule has 10 heteroatoms. The van der Waals surface area contributed by atoms with E-state index in [0.717, 1.165) is 16.0 Å². The minimum atomic E-state index is -0.845. The van der Waals surface area contributed by atoms with E-state index >= 15 is 0 Å². The van der Waals surface area contributed by atoms with Gasteiger partial charge in [-0.1, -0.05) is 71.2 Å². The van der Waals surface area contributed by atoms with Crippen LogP contribution in [0, 0.1) is 0 Å². The van der Waals surface area contributed by atoms with Gasteiger partial charge >= 0.3 is 6.03 Å². The van der Waals surface area contributed by atoms with Gasteiger partial charge in [0.1, 0.15) is 30.3 Å². The van der Waals surface area contributed by atoms with Gasteiger partial charge in [0.2, 0.25) is 0 Å². The highest BCUT2D eigenvalue weighted by Crippen LogP contribution is 2.27. The molecule has 4 aromatic rings. The van der Waals surface area contributed by atoms with Gasteiger partial charge in [-0.2, -0.15) is 0 Å². The predicted octanol–water partition coefficient (Wildman–Crippen LogP) is 7.47. The number of carbonyl (C=O) groups is 3. The van der Waals surface area contributed by atoms with Crippen molar-refractivity contribution in [3.8, 4) is 11.5 Å². The summed E-state index contributed by atoms with van der Waals surface area (Å²) < 4.78 is 11.6. The first kappa shape index (κ1) is 28.2. The van der Waals surface area contributed by atoms with Gasteiger partial charge < -0.3 is 9.47 Å². The molecule has 0 unspecified atom stereocenters. The van der Waals surface area contributed by atoms with E-state index in [2.05, 4.69) is 5.32 Å². The lowest BCUT2D eigenvalue weighted by Gasteiger charge is -2.26. The third kappa shape index (κ3) is 6.72. The second-order valence-corrected chi connectivity index (χ2v) is 10.2. The fraction of sp³-hybridized carbons (Fsp3) is 0.0645. The molecule has 1 heterocycles. The molecule has 1 aliphatic rings. The first-order valence-corrected chi connectivity index (χ1v) is 13.5. The monoisotopic (exact) mass is 606 g/mol. The van der Waals surface area contributed by atoms with E-state index in [-0.39, 0.29) is 24.5 Å². The van der Waals surface area contributed by atoms with Crippen LogP contribution in [0.15, 0.2) is 96.6 Å². The Morgan fingerprint density at radius 3 is 1.95 bits per heavy atom. The number of hydrogen-bond acceptors (Lipinski definition) is 5. The van der Waals surface area contributed by atoms with Crippen LogP contribution in [0.25, 0.3) is 6.08 Å². The Labute approximate surface area is 250 Å². The zero-order valence-corrected chi connectivity index (χ0v) is 23.5. The summed E-state index contributed by atoms with van der Waals surface area (Å²) >= 11 is 18.3. The van der Waals surface area contributed by atoms with Crippen molar-refractivity contribution >= 4 is 64.4 Å². The molecule has 0 bridgehead atoms. The van der Waals surface area contributed by atoms with E-state index in [0.29, 0.717) is 32.1 Å². The lowest BCUT2D eigenvalue weighted by atomic mass is 10.1. The number of barbiturate groups is 1. The van der Waals surface area contributed by atoms with Crippen LogP contribution in [0.3, 0.4) is 0 Å². The third-order valence-corrected chi connectivity index (χ3v) is 7.11. The number of ether oxygens (including phenoxy) is 2. The molecule has 0 spiro atoms. The molecule has 0 aromatic heterocycles. The van der Waals surface area contributed by atoms with Crippen molar-refractivity contribution in [1.29, 1.82) is 0 Å². The number of carbonyl (C=O) groups excluding carboxylic acids is 3. The highest BCUT2D eigenvalue weighted by Gasteiger charge is 2.36. The van der Waals surface area contributed by atoms with E-state index in [1.165, 1.54) is 6.08 Å². The smallest absolute Gasteiger partial charge is 0.335 e. The van der Waals surface area contributed by atoms with E-state index in [1.807, 2.05) is 18.2 Å². The molecule has 1 N–H and O–H groups in total. The van der Waals surface area contributed by atoms with Gasteiger partial charge in [-0.25, -0.2) is 9.69 Å². The van der Waals surface area contributed by atoms with Crippen LogP contribution in [0.2, 0.25) is 15.1 Å². The molecule has 1 fully saturated rings. The zero-order chi connectivity index (χ0) is 28.9. The molecule has 41 heavy (non-hydrogen) atoms. The normalized spacial score (nSPS) is 14.3. The van der Waals surface area contributed by atoms with E-state index in [1.54, 1.807) is 72.8 Å². The van der Waals surface area contributed by atoms with Gasteiger partial charge in [-0.15, -0.1) is 0 Å². The largest absolute Gasteiger partial charge is 0.489 e. The maximum absolute atomic E-state index is 13.3. The summed E-state index contributed by atoms with van der Waals surface area (Å²) in [7, 11) is 0. The molecule has 1 saturated heterocycles. The van der Waals surface area contributed by atoms with Crippen molar-refractivity contribution in [3.63, 3.8) is 0 Å². The highest BCUT2D eigenvalue weighted by atomic mass is 35.5. The molecule has 7 nitrogen and oxygen atoms in total. The van der Waals surface area contributed by atoms with Gasteiger partial charge in [0, 0.05) is 26.2 Å². The van der Waals surface area contributed by atoms with E-state index < -0.39 is 17.8 Å². The minimum absolute atomic E-state index is 0.188. The zero-order valence-electron chi connectivity index (χ0n) is 21.3. The van der Waals surface area contributed by atoms with Crippen LogP contribution in [-0.2, 0) is 22.8 Å². The number of amides is 4. The van der Waals surface area contributed by atoms with Crippen LogP contribution < -0.4 is 19.7 Å². The lowest BCUT2D eigenvalue weighted by Crippen LogP contribution is -2.54. The molecule has 0 radical (unpaired) electrons. The first-order chi connectivity index (χ1) is 19.8. The number of benzene rings is 4. The van der Waals surface area contributed by atoms with Crippen molar-refractivity contribution in [2.75, 3.05) is 4.90 Å². The summed E-state index contributed by atoms with van der Waals surface area (Å²) in [4.78, 5) is 39.3. The number of nitrogens with one attached hydrogen (secondary N) is 1. The Bertz CT molecular complexity index is 1650. The molecule has 0 saturated carbocycles. The average Bonchev–Trinajstić information content (AvgIpc) is 2.96. The molecule has 4 aromatic carbocycles. The van der Waals surface area contributed by atoms with Crippen LogP contribution in [0.5, 0.6) is 11.5 Å². The summed E-state index contributed by atoms with van der Waals surface area (Å²) in [5.74, 6) is -0.452. The maximum Gasteiger partial charge on any atom is 0.335 e. The maximum atomic E-state index is 13.3. The van der Waals surface area contributed by atoms with Crippen LogP contribution in [-0.4, -0.2) is 17.8 Å². The van der Waals surface area contributed by atoms with E-state index in [4.69, 9.17) is 44.3 Å². The molecular weight excluding hydrogens is 587 g/mol. The molecule has 206 valence electrons. The fourth-order valence-corrected chi connectivity index (χ4v) is 4.64. The highest BCUT2D eigenvalue weighted by molar-refractivity contribution is 6.39. The molecule has 5 rings (SSSR count). The van der Waals surface area contributed by atoms with Crippen LogP contribution >= 0.6 is 34.8 Å². The summed E-state index contributed by atoms with van der Waals surface area (Å²) in [6, 6.07) is 24.8. The Balaban J connectivity index is 1.27. The minimum Gasteiger partial charge on any atom is -0.489 e. The molecule has 4 amide bonds. The summed E-state index contributed by atoms with van der Waals surface area (Å²) in [6.45, 7) is 0.487. The third-order valence-electron chi connectivity index (χ3n) is 6.15. The number of hydrogen-bond donors (Lipinski definition) is 1. The quantitative estimate of drug-likeness (QED) is 0.166. The van der Waals surface area contributed by atoms with Gasteiger partial charge in [0.25, 0.3) is 11.8 Å². The fourth-order valence-electron chi connectivity index (χ4n) is 3.99. The average molecular weight is 608 g/mol. The number of nitrogens with zero attached hydrogens (tertiary/aromatic N) is 1. The Morgan fingerprint density at radius 2 is 1.32 bits per heavy atom. The van der Waals surface area contributed by atoms with Crippen molar-refractivity contribution in [2.45, 2.75) is 13.2 Å². The van der Waals surface area contributed by atoms with Gasteiger partial charge in [-0.05, 0) is 66.2 Å². The predicted molar refractivity (Wildman–Crippen MR) is 158 cm³/mol. The number of imide groups is 2. The van der Waals surface area contributed by atoms with Crippen molar-refractivity contribution < 1.29 is 23.9 Å². The lowest BCUT2D eigenvalue weighted by molar-refractivity contribution is -0.122. The second-order valence-electron chi connectivity index (χ2n) is 8.93. The number of anilines is 1. The summed E-state index contributed by atoms with van der Waals surface area (Å²) in [5, 5.41) is 3.83. The first-order valence-electron chi connectivity index (χ1n) is 12.3. The molecule has 0 atom stereocenters. The molecular formula is C31H21Cl3N2O5. The number of halogens is 3. The SMILES string of the molecule is O=C1NC(=O)N(c2ccc(OCc3ccc(Cl)cc3Cl)cc2)C(=O)/C1=C/c1ccc(OCc2ccccc2Cl)cc1. The van der Waals surface area contributed by atoms with Gasteiger partial charge in [-0.3, -0.25) is 14.9 Å². The topological polar surface area (TPSA) is 84.9 Å². The van der Waals surface area contributed by atoms with Crippen molar-refractivity contribution in [1.82, 2.24) is 5.32 Å². The van der Waals surface area contributed by atoms with Crippen LogP contribution in [0.1, 0.15) is 16.7 Å². The summed E-state index contributed by atoms with van der Waals surface area (Å²) in [5.41, 5.74) is 2.25. The molecule has 0 aliphatic carbocycles. The van der Waals surface area contributed by atoms with E-state index in [9.17, 15) is 14.4 Å². The Kier molecular flexibility index (Phi) is 8.59.